The molecule has 3 aliphatic heterocycles. The van der Waals surface area contributed by atoms with E-state index in [2.05, 4.69) is 45.9 Å². The Balaban J connectivity index is 1.30. The zero-order chi connectivity index (χ0) is 16.4. The van der Waals surface area contributed by atoms with Crippen LogP contribution in [0.3, 0.4) is 0 Å². The molecule has 0 radical (unpaired) electrons. The largest absolute Gasteiger partial charge is 0.353 e. The van der Waals surface area contributed by atoms with Crippen LogP contribution in [-0.4, -0.2) is 41.5 Å². The Hall–Kier alpha value is -1.39. The molecule has 3 fully saturated rings. The van der Waals surface area contributed by atoms with E-state index in [0.29, 0.717) is 30.6 Å². The molecule has 2 N–H and O–H groups in total. The maximum absolute atomic E-state index is 12.3. The minimum atomic E-state index is 0.246. The summed E-state index contributed by atoms with van der Waals surface area (Å²) in [6.45, 7) is 2.13. The lowest BCUT2D eigenvalue weighted by molar-refractivity contribution is -0.122. The van der Waals surface area contributed by atoms with Crippen LogP contribution in [-0.2, 0) is 11.3 Å². The zero-order valence-corrected chi connectivity index (χ0v) is 14.4. The number of hydrogen-bond acceptors (Lipinski definition) is 3. The van der Waals surface area contributed by atoms with Crippen LogP contribution in [0.25, 0.3) is 0 Å². The van der Waals surface area contributed by atoms with Gasteiger partial charge in [-0.15, -0.1) is 0 Å². The molecule has 4 rings (SSSR count). The fourth-order valence-corrected chi connectivity index (χ4v) is 4.89. The second-order valence-corrected chi connectivity index (χ2v) is 7.78. The van der Waals surface area contributed by atoms with Gasteiger partial charge in [0.15, 0.2) is 0 Å². The van der Waals surface area contributed by atoms with Crippen LogP contribution >= 0.6 is 0 Å². The van der Waals surface area contributed by atoms with Crippen molar-refractivity contribution in [2.75, 3.05) is 6.54 Å². The molecule has 3 heterocycles. The molecular weight excluding hydrogens is 298 g/mol. The number of carbonyl (C=O) groups is 1. The van der Waals surface area contributed by atoms with Crippen LogP contribution in [0.1, 0.15) is 50.5 Å². The summed E-state index contributed by atoms with van der Waals surface area (Å²) in [6.07, 6.45) is 7.82. The molecule has 0 aliphatic carbocycles. The number of fused-ring (bicyclic) bond motifs is 2. The van der Waals surface area contributed by atoms with Crippen LogP contribution in [0.4, 0.5) is 0 Å². The Kier molecular flexibility index (Phi) is 4.86. The van der Waals surface area contributed by atoms with Gasteiger partial charge < -0.3 is 10.6 Å². The number of rotatable bonds is 5. The summed E-state index contributed by atoms with van der Waals surface area (Å²) in [5.74, 6) is 0.246. The fourth-order valence-electron chi connectivity index (χ4n) is 4.89. The van der Waals surface area contributed by atoms with E-state index in [9.17, 15) is 4.79 Å². The number of benzene rings is 1. The highest BCUT2D eigenvalue weighted by Gasteiger charge is 2.40. The van der Waals surface area contributed by atoms with Crippen molar-refractivity contribution in [1.29, 1.82) is 0 Å². The van der Waals surface area contributed by atoms with Gasteiger partial charge in [-0.1, -0.05) is 30.3 Å². The van der Waals surface area contributed by atoms with Crippen molar-refractivity contribution in [2.45, 2.75) is 75.7 Å². The topological polar surface area (TPSA) is 44.4 Å². The highest BCUT2D eigenvalue weighted by atomic mass is 16.1. The maximum Gasteiger partial charge on any atom is 0.221 e. The van der Waals surface area contributed by atoms with Crippen molar-refractivity contribution in [3.63, 3.8) is 0 Å². The average molecular weight is 327 g/mol. The predicted octanol–water partition coefficient (Wildman–Crippen LogP) is 2.44. The first-order valence-corrected chi connectivity index (χ1v) is 9.60. The molecule has 1 aromatic carbocycles. The average Bonchev–Trinajstić information content (AvgIpc) is 3.15. The summed E-state index contributed by atoms with van der Waals surface area (Å²) in [4.78, 5) is 15.0. The second-order valence-electron chi connectivity index (χ2n) is 7.78. The minimum absolute atomic E-state index is 0.246. The van der Waals surface area contributed by atoms with Crippen LogP contribution < -0.4 is 10.6 Å². The minimum Gasteiger partial charge on any atom is -0.353 e. The van der Waals surface area contributed by atoms with Crippen molar-refractivity contribution in [3.8, 4) is 0 Å². The molecule has 0 spiro atoms. The quantitative estimate of drug-likeness (QED) is 0.873. The van der Waals surface area contributed by atoms with Crippen LogP contribution in [0, 0.1) is 0 Å². The number of nitrogens with zero attached hydrogens (tertiary/aromatic N) is 1. The first-order valence-electron chi connectivity index (χ1n) is 9.60. The van der Waals surface area contributed by atoms with E-state index in [4.69, 9.17) is 0 Å². The van der Waals surface area contributed by atoms with Crippen molar-refractivity contribution >= 4 is 5.91 Å². The van der Waals surface area contributed by atoms with Gasteiger partial charge in [0.05, 0.1) is 0 Å². The number of piperidine rings is 1. The van der Waals surface area contributed by atoms with E-state index in [1.165, 1.54) is 24.8 Å². The highest BCUT2D eigenvalue weighted by Crippen LogP contribution is 2.36. The molecule has 3 unspecified atom stereocenters. The number of carbonyl (C=O) groups excluding carboxylic acids is 1. The van der Waals surface area contributed by atoms with Gasteiger partial charge in [0, 0.05) is 37.1 Å². The number of hydrogen-bond donors (Lipinski definition) is 2. The third kappa shape index (κ3) is 3.65. The summed E-state index contributed by atoms with van der Waals surface area (Å²) in [6, 6.07) is 12.8. The van der Waals surface area contributed by atoms with Gasteiger partial charge in [-0.05, 0) is 50.6 Å². The molecule has 2 bridgehead atoms. The van der Waals surface area contributed by atoms with Crippen molar-refractivity contribution < 1.29 is 4.79 Å². The van der Waals surface area contributed by atoms with Crippen LogP contribution in [0.5, 0.6) is 0 Å². The number of amides is 1. The molecule has 1 aromatic rings. The molecule has 0 saturated carbocycles. The van der Waals surface area contributed by atoms with E-state index in [-0.39, 0.29) is 5.91 Å². The summed E-state index contributed by atoms with van der Waals surface area (Å²) in [5, 5.41) is 6.75. The molecule has 4 heteroatoms. The molecule has 3 atom stereocenters. The van der Waals surface area contributed by atoms with Gasteiger partial charge in [0.25, 0.3) is 0 Å². The Labute approximate surface area is 145 Å². The summed E-state index contributed by atoms with van der Waals surface area (Å²) >= 11 is 0. The van der Waals surface area contributed by atoms with E-state index < -0.39 is 0 Å². The van der Waals surface area contributed by atoms with Crippen molar-refractivity contribution in [2.24, 2.45) is 0 Å². The summed E-state index contributed by atoms with van der Waals surface area (Å²) < 4.78 is 0. The monoisotopic (exact) mass is 327 g/mol. The smallest absolute Gasteiger partial charge is 0.221 e. The second kappa shape index (κ2) is 7.24. The van der Waals surface area contributed by atoms with E-state index in [0.717, 1.165) is 32.4 Å². The van der Waals surface area contributed by atoms with Gasteiger partial charge in [-0.25, -0.2) is 0 Å². The molecule has 3 aliphatic rings. The third-order valence-corrected chi connectivity index (χ3v) is 6.05. The molecular formula is C20H29N3O. The maximum atomic E-state index is 12.3. The van der Waals surface area contributed by atoms with Gasteiger partial charge in [0.2, 0.25) is 5.91 Å². The zero-order valence-electron chi connectivity index (χ0n) is 14.4. The Morgan fingerprint density at radius 2 is 1.88 bits per heavy atom. The molecule has 130 valence electrons. The lowest BCUT2D eigenvalue weighted by atomic mass is 9.96. The Morgan fingerprint density at radius 3 is 2.54 bits per heavy atom. The van der Waals surface area contributed by atoms with Gasteiger partial charge in [-0.3, -0.25) is 9.69 Å². The van der Waals surface area contributed by atoms with E-state index in [1.807, 2.05) is 0 Å². The van der Waals surface area contributed by atoms with Gasteiger partial charge in [-0.2, -0.15) is 0 Å². The lowest BCUT2D eigenvalue weighted by Gasteiger charge is -2.39. The summed E-state index contributed by atoms with van der Waals surface area (Å²) in [7, 11) is 0. The first kappa shape index (κ1) is 16.1. The van der Waals surface area contributed by atoms with Crippen molar-refractivity contribution in [1.82, 2.24) is 15.5 Å². The molecule has 0 aromatic heterocycles. The first-order chi connectivity index (χ1) is 11.8. The van der Waals surface area contributed by atoms with E-state index >= 15 is 0 Å². The molecule has 3 saturated heterocycles. The predicted molar refractivity (Wildman–Crippen MR) is 95.6 cm³/mol. The van der Waals surface area contributed by atoms with Gasteiger partial charge >= 0.3 is 0 Å². The lowest BCUT2D eigenvalue weighted by Crippen LogP contribution is -2.50. The highest BCUT2D eigenvalue weighted by molar-refractivity contribution is 5.77. The third-order valence-electron chi connectivity index (χ3n) is 6.05. The van der Waals surface area contributed by atoms with Crippen LogP contribution in [0.15, 0.2) is 30.3 Å². The van der Waals surface area contributed by atoms with Gasteiger partial charge in [0.1, 0.15) is 0 Å². The normalized spacial score (nSPS) is 32.8. The number of nitrogens with one attached hydrogen (secondary N) is 2. The van der Waals surface area contributed by atoms with E-state index in [1.54, 1.807) is 0 Å². The molecule has 4 nitrogen and oxygen atoms in total. The fraction of sp³-hybridized carbons (Fsp3) is 0.650. The summed E-state index contributed by atoms with van der Waals surface area (Å²) in [5.41, 5.74) is 1.41. The van der Waals surface area contributed by atoms with Crippen molar-refractivity contribution in [3.05, 3.63) is 35.9 Å². The SMILES string of the molecule is O=C(CC1CCCN1)NC1CC2CCC(C1)N2Cc1ccccc1. The Morgan fingerprint density at radius 1 is 1.12 bits per heavy atom. The van der Waals surface area contributed by atoms with Crippen LogP contribution in [0.2, 0.25) is 0 Å². The standard InChI is InChI=1S/C20H29N3O/c24-20(13-16-7-4-10-21-16)22-17-11-18-8-9-19(12-17)23(18)14-15-5-2-1-3-6-15/h1-3,5-6,16-19,21H,4,7-14H2,(H,22,24). The molecule has 1 amide bonds. The Bertz CT molecular complexity index is 541. The molecule has 24 heavy (non-hydrogen) atoms.